The van der Waals surface area contributed by atoms with Crippen molar-refractivity contribution >= 4 is 0 Å². The van der Waals surface area contributed by atoms with E-state index in [1.54, 1.807) is 0 Å². The van der Waals surface area contributed by atoms with Crippen molar-refractivity contribution in [3.63, 3.8) is 0 Å². The van der Waals surface area contributed by atoms with E-state index in [0.717, 1.165) is 19.3 Å². The molecule has 1 aliphatic heterocycles. The number of ether oxygens (including phenoxy) is 1. The molecule has 1 aliphatic carbocycles. The van der Waals surface area contributed by atoms with E-state index in [9.17, 15) is 5.11 Å². The normalized spacial score (nSPS) is 52.3. The van der Waals surface area contributed by atoms with Crippen LogP contribution in [-0.2, 0) is 4.74 Å². The van der Waals surface area contributed by atoms with Crippen molar-refractivity contribution in [2.45, 2.75) is 45.3 Å². The minimum atomic E-state index is 0.0132. The lowest BCUT2D eigenvalue weighted by Crippen LogP contribution is -2.37. The van der Waals surface area contributed by atoms with Crippen LogP contribution >= 0.6 is 0 Å². The van der Waals surface area contributed by atoms with Crippen molar-refractivity contribution in [2.75, 3.05) is 13.2 Å². The van der Waals surface area contributed by atoms with Gasteiger partial charge in [0.1, 0.15) is 0 Å². The van der Waals surface area contributed by atoms with Gasteiger partial charge in [-0.2, -0.15) is 0 Å². The first-order valence-corrected chi connectivity index (χ1v) is 5.54. The van der Waals surface area contributed by atoms with E-state index in [1.807, 2.05) is 0 Å². The first-order valence-electron chi connectivity index (χ1n) is 5.54. The van der Waals surface area contributed by atoms with Crippen LogP contribution in [0, 0.1) is 10.8 Å². The second-order valence-electron chi connectivity index (χ2n) is 5.27. The molecule has 82 valence electrons. The molecule has 2 aliphatic rings. The Labute approximate surface area is 85.6 Å². The van der Waals surface area contributed by atoms with E-state index in [2.05, 4.69) is 13.8 Å². The lowest BCUT2D eigenvalue weighted by molar-refractivity contribution is -0.0714. The third kappa shape index (κ3) is 1.30. The molecule has 3 unspecified atom stereocenters. The Bertz CT molecular complexity index is 215. The zero-order valence-corrected chi connectivity index (χ0v) is 9.12. The Balaban J connectivity index is 2.11. The highest BCUT2D eigenvalue weighted by atomic mass is 16.5. The van der Waals surface area contributed by atoms with E-state index in [0.29, 0.717) is 18.8 Å². The maximum atomic E-state index is 9.43. The van der Waals surface area contributed by atoms with Gasteiger partial charge in [0.25, 0.3) is 0 Å². The summed E-state index contributed by atoms with van der Waals surface area (Å²) in [5, 5.41) is 9.43. The maximum absolute atomic E-state index is 9.43. The van der Waals surface area contributed by atoms with Crippen LogP contribution in [0.4, 0.5) is 0 Å². The summed E-state index contributed by atoms with van der Waals surface area (Å²) >= 11 is 0. The largest absolute Gasteiger partial charge is 0.396 e. The Morgan fingerprint density at radius 2 is 1.93 bits per heavy atom. The van der Waals surface area contributed by atoms with Crippen LogP contribution < -0.4 is 5.73 Å². The number of nitrogens with two attached hydrogens (primary N) is 1. The van der Waals surface area contributed by atoms with Crippen molar-refractivity contribution in [3.05, 3.63) is 0 Å². The van der Waals surface area contributed by atoms with Crippen molar-refractivity contribution < 1.29 is 9.84 Å². The molecule has 1 saturated carbocycles. The summed E-state index contributed by atoms with van der Waals surface area (Å²) in [6, 6.07) is 0. The van der Waals surface area contributed by atoms with E-state index >= 15 is 0 Å². The molecule has 1 heterocycles. The van der Waals surface area contributed by atoms with Crippen molar-refractivity contribution in [1.82, 2.24) is 0 Å². The standard InChI is InChI=1S/C11H21NO2/c1-8-3-10(4-9(2)14-8)5-11(10,6-12)7-13/h8-9,13H,3-7,12H2,1-2H3. The summed E-state index contributed by atoms with van der Waals surface area (Å²) in [7, 11) is 0. The third-order valence-corrected chi connectivity index (χ3v) is 4.19. The van der Waals surface area contributed by atoms with E-state index in [4.69, 9.17) is 10.5 Å². The molecular weight excluding hydrogens is 178 g/mol. The second-order valence-corrected chi connectivity index (χ2v) is 5.27. The predicted molar refractivity (Wildman–Crippen MR) is 54.9 cm³/mol. The fraction of sp³-hybridized carbons (Fsp3) is 1.00. The molecule has 3 atom stereocenters. The number of aliphatic hydroxyl groups is 1. The van der Waals surface area contributed by atoms with Gasteiger partial charge in [-0.05, 0) is 38.5 Å². The topological polar surface area (TPSA) is 55.5 Å². The quantitative estimate of drug-likeness (QED) is 0.695. The lowest BCUT2D eigenvalue weighted by atomic mass is 9.82. The van der Waals surface area contributed by atoms with Crippen LogP contribution in [0.15, 0.2) is 0 Å². The van der Waals surface area contributed by atoms with Gasteiger partial charge in [0.05, 0.1) is 18.8 Å². The van der Waals surface area contributed by atoms with Crippen LogP contribution in [0.3, 0.4) is 0 Å². The SMILES string of the molecule is CC1CC2(CC(C)O1)CC2(CN)CO. The molecule has 0 bridgehead atoms. The van der Waals surface area contributed by atoms with Gasteiger partial charge < -0.3 is 15.6 Å². The van der Waals surface area contributed by atoms with Gasteiger partial charge in [-0.15, -0.1) is 0 Å². The average molecular weight is 199 g/mol. The number of hydrogen-bond acceptors (Lipinski definition) is 3. The van der Waals surface area contributed by atoms with Crippen LogP contribution in [0.5, 0.6) is 0 Å². The maximum Gasteiger partial charge on any atom is 0.0556 e. The third-order valence-electron chi connectivity index (χ3n) is 4.19. The molecule has 14 heavy (non-hydrogen) atoms. The summed E-state index contributed by atoms with van der Waals surface area (Å²) in [5.41, 5.74) is 6.07. The highest BCUT2D eigenvalue weighted by Crippen LogP contribution is 2.69. The van der Waals surface area contributed by atoms with Gasteiger partial charge in [-0.3, -0.25) is 0 Å². The highest BCUT2D eigenvalue weighted by Gasteiger charge is 2.67. The number of rotatable bonds is 2. The smallest absolute Gasteiger partial charge is 0.0556 e. The van der Waals surface area contributed by atoms with Crippen LogP contribution in [0.25, 0.3) is 0 Å². The molecule has 0 aromatic heterocycles. The van der Waals surface area contributed by atoms with Crippen LogP contribution in [-0.4, -0.2) is 30.5 Å². The summed E-state index contributed by atoms with van der Waals surface area (Å²) in [4.78, 5) is 0. The highest BCUT2D eigenvalue weighted by molar-refractivity contribution is 5.16. The molecule has 3 nitrogen and oxygen atoms in total. The second kappa shape index (κ2) is 3.19. The minimum absolute atomic E-state index is 0.0132. The fourth-order valence-electron chi connectivity index (χ4n) is 3.43. The van der Waals surface area contributed by atoms with E-state index in [1.165, 1.54) is 0 Å². The monoisotopic (exact) mass is 199 g/mol. The molecule has 0 amide bonds. The first kappa shape index (κ1) is 10.4. The summed E-state index contributed by atoms with van der Waals surface area (Å²) in [6.45, 7) is 5.09. The molecule has 1 saturated heterocycles. The minimum Gasteiger partial charge on any atom is -0.396 e. The van der Waals surface area contributed by atoms with Gasteiger partial charge in [0.2, 0.25) is 0 Å². The van der Waals surface area contributed by atoms with Crippen LogP contribution in [0.1, 0.15) is 33.1 Å². The molecule has 3 N–H and O–H groups in total. The van der Waals surface area contributed by atoms with Gasteiger partial charge in [0.15, 0.2) is 0 Å². The average Bonchev–Trinajstić information content (AvgIpc) is 2.71. The number of aliphatic hydroxyl groups excluding tert-OH is 1. The molecule has 2 fully saturated rings. The van der Waals surface area contributed by atoms with Gasteiger partial charge in [0, 0.05) is 12.0 Å². The molecule has 3 heteroatoms. The Kier molecular flexibility index (Phi) is 2.37. The molecule has 0 radical (unpaired) electrons. The zero-order chi connectivity index (χ0) is 10.4. The van der Waals surface area contributed by atoms with Gasteiger partial charge in [-0.25, -0.2) is 0 Å². The zero-order valence-electron chi connectivity index (χ0n) is 9.12. The molecule has 1 spiro atoms. The van der Waals surface area contributed by atoms with E-state index in [-0.39, 0.29) is 17.4 Å². The molecule has 2 rings (SSSR count). The first-order chi connectivity index (χ1) is 6.57. The van der Waals surface area contributed by atoms with Crippen molar-refractivity contribution in [3.8, 4) is 0 Å². The molecule has 0 aromatic carbocycles. The summed E-state index contributed by atoms with van der Waals surface area (Å²) in [5.74, 6) is 0. The molecular formula is C11H21NO2. The fourth-order valence-corrected chi connectivity index (χ4v) is 3.43. The Morgan fingerprint density at radius 3 is 2.29 bits per heavy atom. The van der Waals surface area contributed by atoms with Crippen molar-refractivity contribution in [2.24, 2.45) is 16.6 Å². The lowest BCUT2D eigenvalue weighted by Gasteiger charge is -2.35. The summed E-state index contributed by atoms with van der Waals surface area (Å²) in [6.07, 6.45) is 3.85. The van der Waals surface area contributed by atoms with Gasteiger partial charge in [-0.1, -0.05) is 0 Å². The van der Waals surface area contributed by atoms with Crippen LogP contribution in [0.2, 0.25) is 0 Å². The Hall–Kier alpha value is -0.120. The predicted octanol–water partition coefficient (Wildman–Crippen LogP) is 0.901. The van der Waals surface area contributed by atoms with Crippen molar-refractivity contribution in [1.29, 1.82) is 0 Å². The summed E-state index contributed by atoms with van der Waals surface area (Å²) < 4.78 is 5.72. The van der Waals surface area contributed by atoms with E-state index < -0.39 is 0 Å². The number of hydrogen-bond donors (Lipinski definition) is 2. The Morgan fingerprint density at radius 1 is 1.36 bits per heavy atom. The molecule has 0 aromatic rings. The van der Waals surface area contributed by atoms with Gasteiger partial charge >= 0.3 is 0 Å².